The first-order valence-corrected chi connectivity index (χ1v) is 15.2. The molecule has 6 rings (SSSR count). The average molecular weight is 686 g/mol. The van der Waals surface area contributed by atoms with E-state index in [0.29, 0.717) is 26.2 Å². The maximum atomic E-state index is 14.4. The Kier molecular flexibility index (Phi) is 9.71. The van der Waals surface area contributed by atoms with Crippen LogP contribution in [0, 0.1) is 23.5 Å². The van der Waals surface area contributed by atoms with Crippen molar-refractivity contribution in [1.82, 2.24) is 18.7 Å². The van der Waals surface area contributed by atoms with Crippen LogP contribution in [0.3, 0.4) is 0 Å². The lowest BCUT2D eigenvalue weighted by Gasteiger charge is -2.17. The van der Waals surface area contributed by atoms with Gasteiger partial charge in [0.05, 0.1) is 21.2 Å². The number of nitrogens with zero attached hydrogens (tertiary/aromatic N) is 4. The number of fused-ring (bicyclic) bond motifs is 2. The summed E-state index contributed by atoms with van der Waals surface area (Å²) in [5, 5.41) is 10.1. The molecule has 0 saturated carbocycles. The molecule has 0 unspecified atom stereocenters. The highest BCUT2D eigenvalue weighted by Crippen LogP contribution is 2.37. The van der Waals surface area contributed by atoms with E-state index < -0.39 is 11.6 Å². The maximum absolute atomic E-state index is 14.4. The number of ether oxygens (including phenoxy) is 1. The van der Waals surface area contributed by atoms with Gasteiger partial charge in [-0.15, -0.1) is 5.92 Å². The summed E-state index contributed by atoms with van der Waals surface area (Å²) in [6.07, 6.45) is 3.63. The Morgan fingerprint density at radius 2 is 1.20 bits per heavy atom. The molecule has 14 heteroatoms. The molecule has 8 nitrogen and oxygen atoms in total. The van der Waals surface area contributed by atoms with Gasteiger partial charge in [-0.1, -0.05) is 52.3 Å². The summed E-state index contributed by atoms with van der Waals surface area (Å²) >= 11 is 24.2. The smallest absolute Gasteiger partial charge is 0.276 e. The van der Waals surface area contributed by atoms with Gasteiger partial charge in [-0.3, -0.25) is 19.0 Å². The largest absolute Gasteiger partial charge is 0.506 e. The Morgan fingerprint density at radius 1 is 0.750 bits per heavy atom. The van der Waals surface area contributed by atoms with Crippen LogP contribution in [0.2, 0.25) is 20.4 Å². The normalized spacial score (nSPS) is 13.7. The van der Waals surface area contributed by atoms with Crippen LogP contribution in [-0.2, 0) is 26.2 Å². The van der Waals surface area contributed by atoms with Crippen molar-refractivity contribution in [2.24, 2.45) is 0 Å². The van der Waals surface area contributed by atoms with E-state index in [9.17, 15) is 23.5 Å². The molecular weight excluding hydrogens is 660 g/mol. The minimum Gasteiger partial charge on any atom is -0.506 e. The van der Waals surface area contributed by atoms with E-state index in [1.165, 1.54) is 10.7 Å². The predicted molar refractivity (Wildman–Crippen MR) is 167 cm³/mol. The molecule has 0 bridgehead atoms. The number of halogens is 6. The molecule has 44 heavy (non-hydrogen) atoms. The van der Waals surface area contributed by atoms with Gasteiger partial charge in [0.1, 0.15) is 40.0 Å². The molecule has 2 aromatic carbocycles. The molecule has 2 aliphatic heterocycles. The minimum atomic E-state index is -0.685. The van der Waals surface area contributed by atoms with Crippen molar-refractivity contribution in [2.45, 2.75) is 58.8 Å². The van der Waals surface area contributed by atoms with Gasteiger partial charge < -0.3 is 9.84 Å². The molecule has 2 aromatic heterocycles. The fourth-order valence-corrected chi connectivity index (χ4v) is 6.32. The average Bonchev–Trinajstić information content (AvgIpc) is 3.41. The van der Waals surface area contributed by atoms with Gasteiger partial charge in [0.2, 0.25) is 0 Å². The number of phenolic OH excluding ortho intramolecular Hbond substituents is 1. The topological polar surface area (TPSA) is 83.3 Å². The summed E-state index contributed by atoms with van der Waals surface area (Å²) in [6, 6.07) is 4.64. The summed E-state index contributed by atoms with van der Waals surface area (Å²) in [5.41, 5.74) is -0.396. The van der Waals surface area contributed by atoms with Crippen molar-refractivity contribution in [1.29, 1.82) is 0 Å². The van der Waals surface area contributed by atoms with E-state index in [-0.39, 0.29) is 71.8 Å². The third kappa shape index (κ3) is 5.98. The highest BCUT2D eigenvalue weighted by atomic mass is 35.5. The first kappa shape index (κ1) is 32.0. The third-order valence-electron chi connectivity index (χ3n) is 7.40. The molecule has 0 radical (unpaired) electrons. The van der Waals surface area contributed by atoms with Crippen molar-refractivity contribution < 1.29 is 18.6 Å². The SMILES string of the molecule is CC#CCOc1cc(-c2c(Cl)n3n(c2=O)CCCC3)c(F)cc1Cl.O=c1c(-c2cc(O)c(Cl)cc2F)c(Cl)n2n1CCCC2. The van der Waals surface area contributed by atoms with E-state index in [4.69, 9.17) is 51.1 Å². The van der Waals surface area contributed by atoms with Crippen molar-refractivity contribution in [3.8, 4) is 45.6 Å². The van der Waals surface area contributed by atoms with Crippen molar-refractivity contribution in [3.63, 3.8) is 0 Å². The number of aromatic nitrogens is 4. The fourth-order valence-electron chi connectivity index (χ4n) is 5.25. The lowest BCUT2D eigenvalue weighted by Crippen LogP contribution is -2.27. The maximum Gasteiger partial charge on any atom is 0.276 e. The van der Waals surface area contributed by atoms with Crippen LogP contribution >= 0.6 is 46.4 Å². The summed E-state index contributed by atoms with van der Waals surface area (Å²) in [7, 11) is 0. The Hall–Kier alpha value is -3.36. The first-order valence-electron chi connectivity index (χ1n) is 13.7. The van der Waals surface area contributed by atoms with Gasteiger partial charge in [-0.05, 0) is 56.9 Å². The molecule has 4 aromatic rings. The lowest BCUT2D eigenvalue weighted by atomic mass is 10.1. The number of aromatic hydroxyl groups is 1. The second kappa shape index (κ2) is 13.3. The molecular formula is C30H26Cl4F2N4O4. The van der Waals surface area contributed by atoms with Crippen LogP contribution in [-0.4, -0.2) is 30.4 Å². The number of phenols is 1. The summed E-state index contributed by atoms with van der Waals surface area (Å²) in [4.78, 5) is 25.0. The van der Waals surface area contributed by atoms with Crippen LogP contribution in [0.5, 0.6) is 11.5 Å². The van der Waals surface area contributed by atoms with Gasteiger partial charge in [0, 0.05) is 37.3 Å². The van der Waals surface area contributed by atoms with E-state index in [1.807, 2.05) is 0 Å². The second-order valence-corrected chi connectivity index (χ2v) is 11.6. The van der Waals surface area contributed by atoms with E-state index in [0.717, 1.165) is 43.9 Å². The molecule has 0 aliphatic carbocycles. The molecule has 0 amide bonds. The van der Waals surface area contributed by atoms with Gasteiger partial charge in [0.15, 0.2) is 0 Å². The standard InChI is InChI=1S/C17H15Cl2FN2O2.C13H11Cl2FN2O2/c1-2-3-8-24-14-9-11(13(20)10-12(14)18)15-16(19)21-6-4-5-7-22(21)17(15)23;14-8-6-9(16)7(5-10(8)19)11-12(15)17-3-1-2-4-18(17)13(11)20/h9-10H,4-8H2,1H3;5-6,19H,1-4H2. The van der Waals surface area contributed by atoms with Crippen LogP contribution < -0.4 is 15.9 Å². The van der Waals surface area contributed by atoms with E-state index in [1.54, 1.807) is 21.0 Å². The van der Waals surface area contributed by atoms with Crippen molar-refractivity contribution >= 4 is 46.4 Å². The molecule has 2 aliphatic rings. The predicted octanol–water partition coefficient (Wildman–Crippen LogP) is 7.22. The summed E-state index contributed by atoms with van der Waals surface area (Å²) in [6.45, 7) is 4.20. The Labute approximate surface area is 270 Å². The number of benzene rings is 2. The zero-order valence-corrected chi connectivity index (χ0v) is 26.4. The second-order valence-electron chi connectivity index (χ2n) is 10.1. The Bertz CT molecular complexity index is 1930. The zero-order valence-electron chi connectivity index (χ0n) is 23.4. The number of hydrogen-bond donors (Lipinski definition) is 1. The lowest BCUT2D eigenvalue weighted by molar-refractivity contribution is 0.356. The van der Waals surface area contributed by atoms with Crippen molar-refractivity contribution in [2.75, 3.05) is 6.61 Å². The molecule has 4 heterocycles. The zero-order chi connectivity index (χ0) is 31.7. The quantitative estimate of drug-likeness (QED) is 0.230. The van der Waals surface area contributed by atoms with E-state index >= 15 is 0 Å². The minimum absolute atomic E-state index is 0.0312. The number of hydrogen-bond acceptors (Lipinski definition) is 4. The van der Waals surface area contributed by atoms with Crippen LogP contribution in [0.25, 0.3) is 22.3 Å². The van der Waals surface area contributed by atoms with E-state index in [2.05, 4.69) is 11.8 Å². The molecule has 0 saturated heterocycles. The fraction of sp³-hybridized carbons (Fsp3) is 0.333. The van der Waals surface area contributed by atoms with Crippen LogP contribution in [0.1, 0.15) is 32.6 Å². The molecule has 232 valence electrons. The number of rotatable bonds is 4. The summed E-state index contributed by atoms with van der Waals surface area (Å²) < 4.78 is 40.3. The first-order chi connectivity index (χ1) is 21.0. The Morgan fingerprint density at radius 3 is 1.68 bits per heavy atom. The van der Waals surface area contributed by atoms with Crippen LogP contribution in [0.4, 0.5) is 8.78 Å². The van der Waals surface area contributed by atoms with Crippen molar-refractivity contribution in [3.05, 3.63) is 77.0 Å². The molecule has 1 N–H and O–H groups in total. The van der Waals surface area contributed by atoms with Crippen LogP contribution in [0.15, 0.2) is 33.9 Å². The summed E-state index contributed by atoms with van der Waals surface area (Å²) in [5.74, 6) is 4.12. The van der Waals surface area contributed by atoms with Gasteiger partial charge in [-0.25, -0.2) is 18.1 Å². The third-order valence-corrected chi connectivity index (χ3v) is 8.76. The molecule has 0 spiro atoms. The Balaban J connectivity index is 0.000000177. The monoisotopic (exact) mass is 684 g/mol. The van der Waals surface area contributed by atoms with Gasteiger partial charge >= 0.3 is 0 Å². The van der Waals surface area contributed by atoms with Gasteiger partial charge in [-0.2, -0.15) is 0 Å². The highest BCUT2D eigenvalue weighted by Gasteiger charge is 2.26. The molecule has 0 atom stereocenters. The highest BCUT2D eigenvalue weighted by molar-refractivity contribution is 6.34. The van der Waals surface area contributed by atoms with Gasteiger partial charge in [0.25, 0.3) is 11.1 Å². The molecule has 0 fully saturated rings.